The minimum absolute atomic E-state index is 0.0766. The van der Waals surface area contributed by atoms with Gasteiger partial charge in [-0.3, -0.25) is 4.55 Å². The molecule has 9 nitrogen and oxygen atoms in total. The monoisotopic (exact) mass is 409 g/mol. The Bertz CT molecular complexity index is 633. The lowest BCUT2D eigenvalue weighted by atomic mass is 10.2. The Balaban J connectivity index is 2.52. The molecule has 2 atom stereocenters. The largest absolute Gasteiger partial charge is 0.497 e. The van der Waals surface area contributed by atoms with Crippen molar-refractivity contribution in [2.45, 2.75) is 17.5 Å². The van der Waals surface area contributed by atoms with Gasteiger partial charge in [-0.2, -0.15) is 8.42 Å². The topological polar surface area (TPSA) is 131 Å². The highest BCUT2D eigenvalue weighted by atomic mass is 79.9. The van der Waals surface area contributed by atoms with Crippen molar-refractivity contribution in [3.8, 4) is 5.75 Å². The number of benzene rings is 1. The van der Waals surface area contributed by atoms with E-state index in [2.05, 4.69) is 30.1 Å². The molecule has 0 radical (unpaired) electrons. The molecule has 0 saturated heterocycles. The molecule has 0 unspecified atom stereocenters. The summed E-state index contributed by atoms with van der Waals surface area (Å²) in [5.41, 5.74) is 9.19. The van der Waals surface area contributed by atoms with Crippen molar-refractivity contribution in [1.82, 2.24) is 0 Å². The second-order valence-electron chi connectivity index (χ2n) is 4.36. The summed E-state index contributed by atoms with van der Waals surface area (Å²) in [6.45, 7) is 0.0808. The highest BCUT2D eigenvalue weighted by molar-refractivity contribution is 9.09. The molecule has 1 aromatic rings. The van der Waals surface area contributed by atoms with E-state index >= 15 is 0 Å². The van der Waals surface area contributed by atoms with Crippen LogP contribution >= 0.6 is 15.9 Å². The molecule has 0 heterocycles. The maximum atomic E-state index is 10.8. The van der Waals surface area contributed by atoms with E-state index in [9.17, 15) is 8.42 Å². The van der Waals surface area contributed by atoms with Gasteiger partial charge in [0.25, 0.3) is 0 Å². The van der Waals surface area contributed by atoms with E-state index in [0.29, 0.717) is 0 Å². The van der Waals surface area contributed by atoms with Gasteiger partial charge in [0.05, 0.1) is 37.8 Å². The van der Waals surface area contributed by atoms with E-state index in [1.807, 2.05) is 12.1 Å². The van der Waals surface area contributed by atoms with Crippen LogP contribution in [-0.2, 0) is 25.9 Å². The van der Waals surface area contributed by atoms with Crippen molar-refractivity contribution >= 4 is 26.3 Å². The molecule has 1 rings (SSSR count). The van der Waals surface area contributed by atoms with E-state index in [4.69, 9.17) is 19.6 Å². The van der Waals surface area contributed by atoms with E-state index in [1.165, 1.54) is 0 Å². The van der Waals surface area contributed by atoms with Gasteiger partial charge >= 0.3 is 10.4 Å². The first kappa shape index (κ1) is 19.7. The second kappa shape index (κ2) is 9.71. The summed E-state index contributed by atoms with van der Waals surface area (Å²) in [6, 6.07) is 7.23. The van der Waals surface area contributed by atoms with Gasteiger partial charge in [-0.05, 0) is 23.2 Å². The highest BCUT2D eigenvalue weighted by Gasteiger charge is 2.24. The van der Waals surface area contributed by atoms with E-state index in [1.54, 1.807) is 19.2 Å². The summed E-state index contributed by atoms with van der Waals surface area (Å²) >= 11 is 3.19. The van der Waals surface area contributed by atoms with Gasteiger partial charge < -0.3 is 9.47 Å². The Morgan fingerprint density at radius 2 is 2.04 bits per heavy atom. The zero-order valence-corrected chi connectivity index (χ0v) is 14.6. The minimum Gasteiger partial charge on any atom is -0.497 e. The van der Waals surface area contributed by atoms with Crippen LogP contribution in [0.4, 0.5) is 0 Å². The van der Waals surface area contributed by atoms with Crippen molar-refractivity contribution in [2.75, 3.05) is 20.3 Å². The smallest absolute Gasteiger partial charge is 0.397 e. The van der Waals surface area contributed by atoms with Crippen LogP contribution in [0.1, 0.15) is 5.56 Å². The molecule has 1 N–H and O–H groups in total. The molecule has 0 amide bonds. The lowest BCUT2D eigenvalue weighted by molar-refractivity contribution is 0.0899. The fraction of sp³-hybridized carbons (Fsp3) is 0.500. The van der Waals surface area contributed by atoms with Crippen molar-refractivity contribution in [3.05, 3.63) is 40.3 Å². The molecule has 0 aliphatic heterocycles. The summed E-state index contributed by atoms with van der Waals surface area (Å²) in [6.07, 6.45) is -1.09. The molecule has 0 aromatic heterocycles. The molecular formula is C12H16BrN3O6S. The summed E-state index contributed by atoms with van der Waals surface area (Å²) in [5.74, 6) is 0.725. The second-order valence-corrected chi connectivity index (χ2v) is 6.58. The quantitative estimate of drug-likeness (QED) is 0.207. The molecule has 0 spiro atoms. The van der Waals surface area contributed by atoms with E-state index in [-0.39, 0.29) is 19.8 Å². The van der Waals surface area contributed by atoms with Crippen LogP contribution in [0.5, 0.6) is 5.75 Å². The number of rotatable bonds is 10. The molecule has 0 fully saturated rings. The average molecular weight is 410 g/mol. The Kier molecular flexibility index (Phi) is 8.31. The van der Waals surface area contributed by atoms with Gasteiger partial charge in [0, 0.05) is 4.91 Å². The molecule has 0 bridgehead atoms. The Labute approximate surface area is 142 Å². The van der Waals surface area contributed by atoms with Crippen molar-refractivity contribution in [2.24, 2.45) is 5.11 Å². The van der Waals surface area contributed by atoms with Crippen LogP contribution in [0.2, 0.25) is 0 Å². The third kappa shape index (κ3) is 8.16. The van der Waals surface area contributed by atoms with E-state index < -0.39 is 21.3 Å². The summed E-state index contributed by atoms with van der Waals surface area (Å²) in [4.78, 5) is 1.92. The van der Waals surface area contributed by atoms with Crippen LogP contribution in [-0.4, -0.2) is 44.2 Å². The predicted octanol–water partition coefficient (Wildman–Crippen LogP) is 2.47. The normalized spacial score (nSPS) is 13.9. The number of hydrogen-bond donors (Lipinski definition) is 1. The number of hydrogen-bond acceptors (Lipinski definition) is 6. The van der Waals surface area contributed by atoms with Gasteiger partial charge in [0.1, 0.15) is 5.75 Å². The predicted molar refractivity (Wildman–Crippen MR) is 85.8 cm³/mol. The van der Waals surface area contributed by atoms with Crippen LogP contribution in [0.3, 0.4) is 0 Å². The van der Waals surface area contributed by atoms with Gasteiger partial charge in [-0.15, -0.1) is 0 Å². The molecule has 128 valence electrons. The first-order chi connectivity index (χ1) is 10.9. The number of alkyl halides is 1. The fourth-order valence-corrected chi connectivity index (χ4v) is 2.71. The number of azide groups is 1. The standard InChI is InChI=1S/C12H16BrN3O6S/c1-20-10-4-2-9(3-5-10)7-21-8-11(13)12(6-15-16-14)22-23(17,18)19/h2-5,11-12H,6-8H2,1H3,(H,17,18,19)/t11-,12-/m0/s1. The van der Waals surface area contributed by atoms with Crippen molar-refractivity contribution < 1.29 is 26.6 Å². The summed E-state index contributed by atoms with van der Waals surface area (Å²) < 4.78 is 45.3. The van der Waals surface area contributed by atoms with Gasteiger partial charge in [0.2, 0.25) is 0 Å². The molecule has 0 saturated carbocycles. The molecule has 1 aromatic carbocycles. The lowest BCUT2D eigenvalue weighted by Gasteiger charge is -2.19. The Morgan fingerprint density at radius 3 is 2.57 bits per heavy atom. The summed E-state index contributed by atoms with van der Waals surface area (Å²) in [7, 11) is -3.10. The van der Waals surface area contributed by atoms with Crippen molar-refractivity contribution in [3.63, 3.8) is 0 Å². The first-order valence-electron chi connectivity index (χ1n) is 6.37. The molecular weight excluding hydrogens is 394 g/mol. The minimum atomic E-state index is -4.67. The SMILES string of the molecule is COc1ccc(COC[C@H](Br)[C@H](CN=[N+]=[N-])OS(=O)(=O)O)cc1. The maximum Gasteiger partial charge on any atom is 0.397 e. The number of methoxy groups -OCH3 is 1. The summed E-state index contributed by atoms with van der Waals surface area (Å²) in [5, 5.41) is 3.24. The third-order valence-corrected chi connectivity index (χ3v) is 4.02. The number of halogens is 1. The Morgan fingerprint density at radius 1 is 1.39 bits per heavy atom. The number of nitrogens with zero attached hydrogens (tertiary/aromatic N) is 3. The van der Waals surface area contributed by atoms with E-state index in [0.717, 1.165) is 11.3 Å². The van der Waals surface area contributed by atoms with Gasteiger partial charge in [0.15, 0.2) is 0 Å². The van der Waals surface area contributed by atoms with Crippen LogP contribution in [0, 0.1) is 0 Å². The van der Waals surface area contributed by atoms with Crippen LogP contribution in [0.15, 0.2) is 29.4 Å². The Hall–Kier alpha value is -1.36. The average Bonchev–Trinajstić information content (AvgIpc) is 2.51. The molecule has 23 heavy (non-hydrogen) atoms. The van der Waals surface area contributed by atoms with Crippen LogP contribution in [0.25, 0.3) is 10.4 Å². The zero-order chi connectivity index (χ0) is 17.3. The fourth-order valence-electron chi connectivity index (χ4n) is 1.60. The maximum absolute atomic E-state index is 10.8. The zero-order valence-electron chi connectivity index (χ0n) is 12.2. The van der Waals surface area contributed by atoms with Gasteiger partial charge in [-0.25, -0.2) is 4.18 Å². The lowest BCUT2D eigenvalue weighted by Crippen LogP contribution is -2.33. The molecule has 0 aliphatic carbocycles. The third-order valence-electron chi connectivity index (χ3n) is 2.68. The molecule has 11 heteroatoms. The number of ether oxygens (including phenoxy) is 2. The van der Waals surface area contributed by atoms with Crippen molar-refractivity contribution in [1.29, 1.82) is 0 Å². The first-order valence-corrected chi connectivity index (χ1v) is 8.65. The van der Waals surface area contributed by atoms with Crippen LogP contribution < -0.4 is 4.74 Å². The molecule has 0 aliphatic rings. The highest BCUT2D eigenvalue weighted by Crippen LogP contribution is 2.16. The van der Waals surface area contributed by atoms with Gasteiger partial charge in [-0.1, -0.05) is 33.2 Å².